The molecule has 0 aliphatic carbocycles. The van der Waals surface area contributed by atoms with Crippen LogP contribution in [0.5, 0.6) is 0 Å². The van der Waals surface area contributed by atoms with Crippen molar-refractivity contribution in [3.05, 3.63) is 29.3 Å². The predicted molar refractivity (Wildman–Crippen MR) is 83.6 cm³/mol. The Kier molecular flexibility index (Phi) is 6.41. The predicted octanol–water partition coefficient (Wildman–Crippen LogP) is 4.07. The van der Waals surface area contributed by atoms with E-state index in [0.29, 0.717) is 0 Å². The lowest BCUT2D eigenvalue weighted by molar-refractivity contribution is 0.437. The number of rotatable bonds is 7. The molecule has 3 heteroatoms. The number of nitriles is 1. The molecule has 0 spiro atoms. The molecule has 0 heterocycles. The van der Waals surface area contributed by atoms with Gasteiger partial charge in [0, 0.05) is 10.6 Å². The highest BCUT2D eigenvalue weighted by Crippen LogP contribution is 2.26. The molecule has 19 heavy (non-hydrogen) atoms. The minimum atomic E-state index is -0.402. The molecule has 0 aliphatic rings. The third kappa shape index (κ3) is 5.26. The van der Waals surface area contributed by atoms with Gasteiger partial charge in [0.15, 0.2) is 0 Å². The van der Waals surface area contributed by atoms with Crippen LogP contribution in [0.25, 0.3) is 0 Å². The zero-order valence-corrected chi connectivity index (χ0v) is 13.2. The largest absolute Gasteiger partial charge is 0.300 e. The van der Waals surface area contributed by atoms with Gasteiger partial charge < -0.3 is 0 Å². The van der Waals surface area contributed by atoms with Crippen LogP contribution in [0.3, 0.4) is 0 Å². The van der Waals surface area contributed by atoms with Gasteiger partial charge in [0.25, 0.3) is 0 Å². The van der Waals surface area contributed by atoms with Crippen LogP contribution in [-0.2, 0) is 0 Å². The van der Waals surface area contributed by atoms with Crippen molar-refractivity contribution < 1.29 is 0 Å². The maximum absolute atomic E-state index is 9.29. The highest BCUT2D eigenvalue weighted by molar-refractivity contribution is 7.99. The summed E-state index contributed by atoms with van der Waals surface area (Å²) in [4.78, 5) is 1.33. The van der Waals surface area contributed by atoms with E-state index in [1.807, 2.05) is 18.7 Å². The number of hydrogen-bond donors (Lipinski definition) is 1. The number of thioether (sulfide) groups is 1. The number of benzene rings is 1. The second-order valence-electron chi connectivity index (χ2n) is 5.24. The van der Waals surface area contributed by atoms with Gasteiger partial charge in [0.1, 0.15) is 5.54 Å². The van der Waals surface area contributed by atoms with Gasteiger partial charge in [-0.05, 0) is 51.8 Å². The van der Waals surface area contributed by atoms with Gasteiger partial charge in [0.2, 0.25) is 0 Å². The molecule has 1 N–H and O–H groups in total. The summed E-state index contributed by atoms with van der Waals surface area (Å²) in [7, 11) is 0. The lowest BCUT2D eigenvalue weighted by atomic mass is 10.0. The van der Waals surface area contributed by atoms with Crippen molar-refractivity contribution in [2.24, 2.45) is 0 Å². The smallest absolute Gasteiger partial charge is 0.104 e. The summed E-state index contributed by atoms with van der Waals surface area (Å²) in [6.07, 6.45) is 1.92. The van der Waals surface area contributed by atoms with Gasteiger partial charge in [-0.15, -0.1) is 11.8 Å². The van der Waals surface area contributed by atoms with E-state index in [1.54, 1.807) is 0 Å². The summed E-state index contributed by atoms with van der Waals surface area (Å²) in [6, 6.07) is 8.93. The summed E-state index contributed by atoms with van der Waals surface area (Å²) < 4.78 is 0. The maximum Gasteiger partial charge on any atom is 0.104 e. The Morgan fingerprint density at radius 1 is 1.37 bits per heavy atom. The van der Waals surface area contributed by atoms with Crippen LogP contribution < -0.4 is 5.32 Å². The van der Waals surface area contributed by atoms with Crippen molar-refractivity contribution in [1.82, 2.24) is 5.32 Å². The van der Waals surface area contributed by atoms with Crippen LogP contribution >= 0.6 is 11.8 Å². The van der Waals surface area contributed by atoms with Gasteiger partial charge in [-0.25, -0.2) is 0 Å². The van der Waals surface area contributed by atoms with E-state index in [2.05, 4.69) is 50.4 Å². The summed E-state index contributed by atoms with van der Waals surface area (Å²) in [5.41, 5.74) is 2.21. The number of nitrogens with one attached hydrogen (secondary N) is 1. The van der Waals surface area contributed by atoms with Gasteiger partial charge >= 0.3 is 0 Å². The zero-order chi connectivity index (χ0) is 14.3. The Balaban J connectivity index is 2.53. The monoisotopic (exact) mass is 276 g/mol. The average Bonchev–Trinajstić information content (AvgIpc) is 2.40. The minimum absolute atomic E-state index is 0.402. The Hall–Kier alpha value is -0.980. The third-order valence-electron chi connectivity index (χ3n) is 3.22. The van der Waals surface area contributed by atoms with Crippen molar-refractivity contribution in [2.45, 2.75) is 51.0 Å². The van der Waals surface area contributed by atoms with Crippen molar-refractivity contribution in [1.29, 1.82) is 5.26 Å². The number of hydrogen-bond acceptors (Lipinski definition) is 3. The lowest BCUT2D eigenvalue weighted by Gasteiger charge is -2.23. The van der Waals surface area contributed by atoms with E-state index in [9.17, 15) is 5.26 Å². The van der Waals surface area contributed by atoms with Crippen LogP contribution in [0.2, 0.25) is 0 Å². The van der Waals surface area contributed by atoms with E-state index in [0.717, 1.165) is 25.1 Å². The lowest BCUT2D eigenvalue weighted by Crippen LogP contribution is -2.41. The Morgan fingerprint density at radius 2 is 2.11 bits per heavy atom. The first-order valence-electron chi connectivity index (χ1n) is 6.87. The van der Waals surface area contributed by atoms with E-state index >= 15 is 0 Å². The Morgan fingerprint density at radius 3 is 2.74 bits per heavy atom. The molecule has 0 aliphatic heterocycles. The molecule has 104 valence electrons. The van der Waals surface area contributed by atoms with Gasteiger partial charge in [-0.3, -0.25) is 5.32 Å². The van der Waals surface area contributed by atoms with Crippen molar-refractivity contribution in [3.63, 3.8) is 0 Å². The van der Waals surface area contributed by atoms with E-state index in [4.69, 9.17) is 0 Å². The highest BCUT2D eigenvalue weighted by atomic mass is 32.2. The van der Waals surface area contributed by atoms with Gasteiger partial charge in [0.05, 0.1) is 6.07 Å². The second-order valence-corrected chi connectivity index (χ2v) is 6.37. The summed E-state index contributed by atoms with van der Waals surface area (Å²) in [6.45, 7) is 9.27. The molecule has 0 aromatic heterocycles. The molecule has 1 unspecified atom stereocenters. The van der Waals surface area contributed by atoms with E-state index in [-0.39, 0.29) is 0 Å². The molecule has 1 aromatic rings. The molecule has 1 rings (SSSR count). The topological polar surface area (TPSA) is 35.8 Å². The van der Waals surface area contributed by atoms with E-state index < -0.39 is 5.54 Å². The van der Waals surface area contributed by atoms with Gasteiger partial charge in [-0.2, -0.15) is 5.26 Å². The average molecular weight is 276 g/mol. The Bertz CT molecular complexity index is 451. The standard InChI is InChI=1S/C16H24N2S/c1-5-9-18-16(4,12-17)8-10-19-15-11-13(2)6-7-14(15)3/h6-7,11,18H,5,8-10H2,1-4H3. The molecule has 1 atom stereocenters. The summed E-state index contributed by atoms with van der Waals surface area (Å²) >= 11 is 1.85. The minimum Gasteiger partial charge on any atom is -0.300 e. The van der Waals surface area contributed by atoms with E-state index in [1.165, 1.54) is 16.0 Å². The summed E-state index contributed by atoms with van der Waals surface area (Å²) in [5.74, 6) is 0.963. The first-order chi connectivity index (χ1) is 9.00. The highest BCUT2D eigenvalue weighted by Gasteiger charge is 2.22. The first-order valence-corrected chi connectivity index (χ1v) is 7.85. The fourth-order valence-electron chi connectivity index (χ4n) is 1.81. The van der Waals surface area contributed by atoms with Crippen molar-refractivity contribution in [3.8, 4) is 6.07 Å². The van der Waals surface area contributed by atoms with Crippen LogP contribution in [0, 0.1) is 25.2 Å². The molecule has 0 saturated heterocycles. The van der Waals surface area contributed by atoms with Crippen LogP contribution in [-0.4, -0.2) is 17.8 Å². The zero-order valence-electron chi connectivity index (χ0n) is 12.4. The molecule has 0 radical (unpaired) electrons. The third-order valence-corrected chi connectivity index (χ3v) is 4.37. The molecule has 0 amide bonds. The Labute approximate surface area is 121 Å². The van der Waals surface area contributed by atoms with Crippen LogP contribution in [0.15, 0.2) is 23.1 Å². The first kappa shape index (κ1) is 16.1. The number of nitrogens with zero attached hydrogens (tertiary/aromatic N) is 1. The fourth-order valence-corrected chi connectivity index (χ4v) is 3.11. The van der Waals surface area contributed by atoms with Gasteiger partial charge in [-0.1, -0.05) is 24.6 Å². The van der Waals surface area contributed by atoms with Crippen molar-refractivity contribution in [2.75, 3.05) is 12.3 Å². The quantitative estimate of drug-likeness (QED) is 0.763. The molecule has 0 saturated carbocycles. The van der Waals surface area contributed by atoms with Crippen molar-refractivity contribution >= 4 is 11.8 Å². The summed E-state index contributed by atoms with van der Waals surface area (Å²) in [5, 5.41) is 12.6. The molecule has 0 fully saturated rings. The normalized spacial score (nSPS) is 13.8. The number of aryl methyl sites for hydroxylation is 2. The molecular weight excluding hydrogens is 252 g/mol. The fraction of sp³-hybridized carbons (Fsp3) is 0.562. The molecule has 2 nitrogen and oxygen atoms in total. The van der Waals surface area contributed by atoms with Crippen LogP contribution in [0.1, 0.15) is 37.8 Å². The molecular formula is C16H24N2S. The van der Waals surface area contributed by atoms with Crippen LogP contribution in [0.4, 0.5) is 0 Å². The molecule has 1 aromatic carbocycles. The SMILES string of the molecule is CCCNC(C)(C#N)CCSc1cc(C)ccc1C. The molecule has 0 bridgehead atoms. The second kappa shape index (κ2) is 7.57. The maximum atomic E-state index is 9.29.